The lowest BCUT2D eigenvalue weighted by atomic mass is 9.88. The fourth-order valence-electron chi connectivity index (χ4n) is 14.9. The number of Topliss-reactive ketones (excluding diaryl/α,β-unsaturated/α-hetero) is 4. The van der Waals surface area contributed by atoms with Crippen molar-refractivity contribution in [3.05, 3.63) is 102 Å². The van der Waals surface area contributed by atoms with Crippen molar-refractivity contribution >= 4 is 133 Å². The highest BCUT2D eigenvalue weighted by atomic mass is 33.1. The van der Waals surface area contributed by atoms with Gasteiger partial charge in [-0.3, -0.25) is 101 Å². The van der Waals surface area contributed by atoms with Crippen LogP contribution in [0.25, 0.3) is 10.9 Å². The molecule has 0 radical (unpaired) electrons. The second-order valence-corrected chi connectivity index (χ2v) is 34.4. The third kappa shape index (κ3) is 33.9. The maximum atomic E-state index is 15.7. The molecule has 4 heterocycles. The van der Waals surface area contributed by atoms with E-state index in [1.54, 1.807) is 80.4 Å². The number of para-hydroxylation sites is 1. The molecule has 3 saturated heterocycles. The Kier molecular flexibility index (Phi) is 41.3. The number of H-pyrrole nitrogens is 1. The molecule has 13 atom stereocenters. The topological polar surface area (TPSA) is 588 Å². The van der Waals surface area contributed by atoms with Gasteiger partial charge in [-0.25, -0.2) is 0 Å². The molecule has 41 heteroatoms. The average Bonchev–Trinajstić information content (AvgIpc) is 1.72. The minimum absolute atomic E-state index is 0.00645. The van der Waals surface area contributed by atoms with Gasteiger partial charge < -0.3 is 93.1 Å². The Morgan fingerprint density at radius 3 is 1.75 bits per heavy atom. The second-order valence-electron chi connectivity index (χ2n) is 31.8. The van der Waals surface area contributed by atoms with Gasteiger partial charge in [0.05, 0.1) is 87.3 Å². The number of aliphatic hydroxyl groups is 3. The summed E-state index contributed by atoms with van der Waals surface area (Å²) < 4.78 is 0. The number of nitrogens with one attached hydrogen (secondary N) is 8. The van der Waals surface area contributed by atoms with Crippen molar-refractivity contribution in [3.8, 4) is 5.75 Å². The summed E-state index contributed by atoms with van der Waals surface area (Å²) >= 11 is 0. The van der Waals surface area contributed by atoms with Crippen molar-refractivity contribution in [1.82, 2.24) is 66.7 Å². The van der Waals surface area contributed by atoms with Crippen LogP contribution in [0.2, 0.25) is 0 Å². The molecule has 17 N–H and O–H groups in total. The van der Waals surface area contributed by atoms with Crippen LogP contribution in [0.15, 0.2) is 85.1 Å². The van der Waals surface area contributed by atoms with Crippen LogP contribution in [0.5, 0.6) is 5.75 Å². The van der Waals surface area contributed by atoms with Gasteiger partial charge in [0.1, 0.15) is 35.7 Å². The number of nitrogens with zero attached hydrogens (tertiary/aromatic N) is 5. The third-order valence-electron chi connectivity index (χ3n) is 22.0. The van der Waals surface area contributed by atoms with E-state index >= 15 is 24.0 Å². The van der Waals surface area contributed by atoms with Crippen molar-refractivity contribution in [2.45, 2.75) is 165 Å². The number of carboxylic acids is 5. The van der Waals surface area contributed by atoms with Gasteiger partial charge in [-0.05, 0) is 107 Å². The molecule has 0 bridgehead atoms. The molecule has 125 heavy (non-hydrogen) atoms. The number of aromatic hydroxyl groups is 1. The number of hydrogen-bond acceptors (Lipinski definition) is 27. The van der Waals surface area contributed by atoms with E-state index in [1.807, 2.05) is 0 Å². The monoisotopic (exact) mass is 1790 g/mol. The van der Waals surface area contributed by atoms with Crippen LogP contribution >= 0.6 is 21.6 Å². The van der Waals surface area contributed by atoms with Crippen LogP contribution in [0.4, 0.5) is 0 Å². The van der Waals surface area contributed by atoms with Crippen LogP contribution in [-0.4, -0.2) is 340 Å². The van der Waals surface area contributed by atoms with Gasteiger partial charge in [0.25, 0.3) is 0 Å². The number of aliphatic hydroxyl groups excluding tert-OH is 3. The van der Waals surface area contributed by atoms with Gasteiger partial charge in [-0.15, -0.1) is 0 Å². The minimum Gasteiger partial charge on any atom is -0.508 e. The lowest BCUT2D eigenvalue weighted by Crippen LogP contribution is -2.59. The molecule has 3 unspecified atom stereocenters. The number of phenolic OH excluding ortho intramolecular Hbond substituents is 1. The van der Waals surface area contributed by atoms with Crippen molar-refractivity contribution in [2.75, 3.05) is 110 Å². The first-order chi connectivity index (χ1) is 59.4. The molecule has 1 aromatic heterocycles. The van der Waals surface area contributed by atoms with Crippen molar-refractivity contribution in [3.63, 3.8) is 0 Å². The zero-order valence-electron chi connectivity index (χ0n) is 70.0. The predicted octanol–water partition coefficient (Wildman–Crippen LogP) is -1.02. The van der Waals surface area contributed by atoms with Crippen molar-refractivity contribution in [2.24, 2.45) is 23.7 Å². The van der Waals surface area contributed by atoms with Crippen molar-refractivity contribution < 1.29 is 127 Å². The number of ketones is 4. The number of aromatic amines is 1. The maximum absolute atomic E-state index is 15.7. The zero-order chi connectivity index (χ0) is 91.6. The standard InChI is InChI=1S/C84H115N13O26S2/c1-49(87-78(116)56(46-98)37-59(102)22-23-72(107)108)83(121)97-25-11-17-67(97)81(119)85-24-10-9-16-63-80(118)92-76(51(3)100)82(120)91-66(70(105)40-61(50(2)99)84(122)123)48-125-124-47-57(79(117)90-65(35-53-18-20-58(101)21-19-53)68(103)38-54(77(115)89-63)36-55-41-86-62-15-8-7-14-60(55)62)39-69(104)64(34-52-12-5-4-6-13-52)88-71(106)42-93-26-28-94(43-73(109)110)30-32-96(45-75(113)114)33-31-95(29-27-93)44-74(111)112/h4-8,12-15,18-21,41,49-51,54,56-57,61,63-67,76,86,98-101H,9-11,16-17,22-40,42-48H2,1-3H3,(H,85,119)(H,87,116)(H,88,106)(H,89,115)(H,90,117)(H,91,120)(H,92,118)(H,107,108)(H,109,110)(H,111,112)(H,113,114)(H,122,123)/t49-,50?,51?,54+,56+,57+,61+,63+,64-,65+,66+,67?,76+/m1/s1. The number of carboxylic acid groups (broad SMARTS) is 5. The van der Waals surface area contributed by atoms with Crippen LogP contribution in [0.3, 0.4) is 0 Å². The predicted molar refractivity (Wildman–Crippen MR) is 454 cm³/mol. The Bertz CT molecular complexity index is 4370. The number of aliphatic carboxylic acids is 5. The van der Waals surface area contributed by atoms with E-state index in [2.05, 4.69) is 42.2 Å². The summed E-state index contributed by atoms with van der Waals surface area (Å²) in [6.07, 6.45) is -5.60. The number of aromatic nitrogens is 1. The molecule has 7 rings (SSSR count). The number of carbonyl (C=O) groups is 17. The Hall–Kier alpha value is -10.8. The number of amides is 8. The summed E-state index contributed by atoms with van der Waals surface area (Å²) in [4.78, 5) is 245. The third-order valence-corrected chi connectivity index (χ3v) is 24.5. The summed E-state index contributed by atoms with van der Waals surface area (Å²) in [5.74, 6) is -23.1. The Labute approximate surface area is 729 Å². The number of carbonyl (C=O) groups excluding carboxylic acids is 12. The van der Waals surface area contributed by atoms with Gasteiger partial charge >= 0.3 is 29.8 Å². The smallest absolute Gasteiger partial charge is 0.317 e. The lowest BCUT2D eigenvalue weighted by molar-refractivity contribution is -0.148. The molecule has 0 aliphatic carbocycles. The number of fused-ring (bicyclic) bond motifs is 1. The van der Waals surface area contributed by atoms with E-state index in [1.165, 1.54) is 36.1 Å². The fourth-order valence-corrected chi connectivity index (χ4v) is 17.4. The SMILES string of the molecule is CC(O)[C@H](CC(=O)[C@@H]1CSSC[C@H](CC(=O)[C@@H](Cc2ccccc2)NC(=O)CN2CCN(CC(=O)O)CCN(CC(=O)O)CCN(CC(=O)O)CC2)C(=O)N[C@@H](Cc2ccc(O)cc2)C(=O)C[C@H](Cc2c[nH]c3ccccc23)C(=O)N[C@@H](CCCCNC(=O)C2CCCN2C(=O)[C@@H](C)NC(=O)[C@H](CO)CC(=O)CCC(=O)O)C(=O)N[C@@H](C(C)O)C(=O)N1)C(=O)O. The minimum atomic E-state index is -1.94. The Morgan fingerprint density at radius 2 is 1.17 bits per heavy atom. The largest absolute Gasteiger partial charge is 0.508 e. The first-order valence-corrected chi connectivity index (χ1v) is 44.0. The number of benzene rings is 3. The molecule has 3 aromatic carbocycles. The molecule has 3 aliphatic heterocycles. The Balaban J connectivity index is 1.22. The second kappa shape index (κ2) is 51.0. The van der Waals surface area contributed by atoms with E-state index in [-0.39, 0.29) is 128 Å². The summed E-state index contributed by atoms with van der Waals surface area (Å²) in [5, 5.41) is 110. The summed E-state index contributed by atoms with van der Waals surface area (Å²) in [7, 11) is 1.75. The van der Waals surface area contributed by atoms with Gasteiger partial charge in [0.2, 0.25) is 47.3 Å². The number of unbranched alkanes of at least 4 members (excludes halogenated alkanes) is 1. The molecule has 0 spiro atoms. The lowest BCUT2D eigenvalue weighted by Gasteiger charge is -2.33. The normalized spacial score (nSPS) is 21.6. The first kappa shape index (κ1) is 101. The van der Waals surface area contributed by atoms with E-state index in [0.717, 1.165) is 35.4 Å². The summed E-state index contributed by atoms with van der Waals surface area (Å²) in [5.41, 5.74) is 2.10. The first-order valence-electron chi connectivity index (χ1n) is 41.5. The van der Waals surface area contributed by atoms with Gasteiger partial charge in [-0.1, -0.05) is 82.3 Å². The molecular weight excluding hydrogens is 1670 g/mol. The highest BCUT2D eigenvalue weighted by Gasteiger charge is 2.41. The summed E-state index contributed by atoms with van der Waals surface area (Å²) in [6, 6.07) is 10.7. The number of rotatable bonds is 39. The zero-order valence-corrected chi connectivity index (χ0v) is 71.7. The van der Waals surface area contributed by atoms with Gasteiger partial charge in [0, 0.05) is 132 Å². The number of phenols is 1. The summed E-state index contributed by atoms with van der Waals surface area (Å²) in [6.45, 7) is 1.62. The van der Waals surface area contributed by atoms with Crippen LogP contribution in [0.1, 0.15) is 108 Å². The number of hydrogen-bond donors (Lipinski definition) is 17. The van der Waals surface area contributed by atoms with Gasteiger partial charge in [-0.2, -0.15) is 0 Å². The van der Waals surface area contributed by atoms with Crippen LogP contribution < -0.4 is 37.2 Å². The molecule has 4 aromatic rings. The Morgan fingerprint density at radius 1 is 0.584 bits per heavy atom. The van der Waals surface area contributed by atoms with Crippen LogP contribution in [0, 0.1) is 23.7 Å². The molecule has 0 saturated carbocycles. The molecule has 8 amide bonds. The average molecular weight is 1790 g/mol. The van der Waals surface area contributed by atoms with Crippen molar-refractivity contribution in [1.29, 1.82) is 0 Å². The maximum Gasteiger partial charge on any atom is 0.317 e. The van der Waals surface area contributed by atoms with E-state index in [9.17, 15) is 98.4 Å². The molecule has 684 valence electrons. The molecule has 3 aliphatic rings. The molecule has 3 fully saturated rings. The number of likely N-dealkylation sites (tertiary alicyclic amines) is 1. The van der Waals surface area contributed by atoms with Crippen LogP contribution in [-0.2, 0) is 101 Å². The van der Waals surface area contributed by atoms with E-state index in [4.69, 9.17) is 5.11 Å². The van der Waals surface area contributed by atoms with E-state index < -0.39 is 249 Å². The quantitative estimate of drug-likeness (QED) is 0.0188. The van der Waals surface area contributed by atoms with E-state index in [0.29, 0.717) is 34.0 Å². The van der Waals surface area contributed by atoms with Gasteiger partial charge in [0.15, 0.2) is 17.3 Å². The molecule has 39 nitrogen and oxygen atoms in total. The highest BCUT2D eigenvalue weighted by molar-refractivity contribution is 8.76. The fraction of sp³-hybridized carbons (Fsp3) is 0.560. The highest BCUT2D eigenvalue weighted by Crippen LogP contribution is 2.30. The molecular formula is C84H115N13O26S2.